The molecule has 0 bridgehead atoms. The molecule has 1 aromatic carbocycles. The standard InChI is InChI=1S/C18H17N3O2/c1-11-6-4-8-15(12(11)2)21-17(14-7-5-9-19-10-14)16(18(22)23)13(3)20-21/h4-10H,1-3H3,(H,22,23). The molecule has 0 spiro atoms. The molecule has 5 nitrogen and oxygen atoms in total. The third kappa shape index (κ3) is 2.50. The zero-order valence-electron chi connectivity index (χ0n) is 13.2. The van der Waals surface area contributed by atoms with Crippen molar-refractivity contribution in [2.24, 2.45) is 0 Å². The predicted molar refractivity (Wildman–Crippen MR) is 88.0 cm³/mol. The first-order chi connectivity index (χ1) is 11.0. The first-order valence-electron chi connectivity index (χ1n) is 7.30. The summed E-state index contributed by atoms with van der Waals surface area (Å²) in [5.41, 5.74) is 5.04. The third-order valence-electron chi connectivity index (χ3n) is 4.01. The summed E-state index contributed by atoms with van der Waals surface area (Å²) in [6.45, 7) is 5.75. The molecule has 0 aliphatic heterocycles. The van der Waals surface area contributed by atoms with Crippen LogP contribution in [-0.4, -0.2) is 25.8 Å². The SMILES string of the molecule is Cc1cccc(-n2nc(C)c(C(=O)O)c2-c2cccnc2)c1C. The molecule has 0 unspecified atom stereocenters. The number of aromatic carboxylic acids is 1. The van der Waals surface area contributed by atoms with Crippen LogP contribution in [0.3, 0.4) is 0 Å². The average Bonchev–Trinajstić information content (AvgIpc) is 2.88. The summed E-state index contributed by atoms with van der Waals surface area (Å²) in [7, 11) is 0. The van der Waals surface area contributed by atoms with Gasteiger partial charge in [-0.05, 0) is 50.1 Å². The maximum Gasteiger partial charge on any atom is 0.339 e. The van der Waals surface area contributed by atoms with Gasteiger partial charge < -0.3 is 5.11 Å². The van der Waals surface area contributed by atoms with Crippen molar-refractivity contribution in [3.05, 3.63) is 65.1 Å². The second-order valence-electron chi connectivity index (χ2n) is 5.49. The summed E-state index contributed by atoms with van der Waals surface area (Å²) in [5.74, 6) is -0.988. The Labute approximate surface area is 134 Å². The number of hydrogen-bond acceptors (Lipinski definition) is 3. The highest BCUT2D eigenvalue weighted by atomic mass is 16.4. The fourth-order valence-corrected chi connectivity index (χ4v) is 2.69. The number of carboxylic acid groups (broad SMARTS) is 1. The predicted octanol–water partition coefficient (Wildman–Crippen LogP) is 3.56. The van der Waals surface area contributed by atoms with Gasteiger partial charge in [0.25, 0.3) is 0 Å². The van der Waals surface area contributed by atoms with Crippen LogP contribution in [0.5, 0.6) is 0 Å². The number of nitrogens with zero attached hydrogens (tertiary/aromatic N) is 3. The molecule has 0 fully saturated rings. The summed E-state index contributed by atoms with van der Waals surface area (Å²) in [6, 6.07) is 9.55. The molecular weight excluding hydrogens is 290 g/mol. The molecule has 116 valence electrons. The minimum absolute atomic E-state index is 0.207. The summed E-state index contributed by atoms with van der Waals surface area (Å²) >= 11 is 0. The maximum atomic E-state index is 11.7. The molecule has 1 N–H and O–H groups in total. The second kappa shape index (κ2) is 5.68. The van der Waals surface area contributed by atoms with E-state index in [0.29, 0.717) is 11.4 Å². The van der Waals surface area contributed by atoms with Gasteiger partial charge in [0.2, 0.25) is 0 Å². The first-order valence-corrected chi connectivity index (χ1v) is 7.30. The van der Waals surface area contributed by atoms with Crippen LogP contribution in [-0.2, 0) is 0 Å². The van der Waals surface area contributed by atoms with Crippen molar-refractivity contribution in [1.29, 1.82) is 0 Å². The molecule has 0 saturated carbocycles. The molecule has 0 aliphatic rings. The Morgan fingerprint density at radius 1 is 1.13 bits per heavy atom. The normalized spacial score (nSPS) is 10.7. The summed E-state index contributed by atoms with van der Waals surface area (Å²) in [5, 5.41) is 14.1. The fourth-order valence-electron chi connectivity index (χ4n) is 2.69. The van der Waals surface area contributed by atoms with Crippen molar-refractivity contribution in [2.45, 2.75) is 20.8 Å². The van der Waals surface area contributed by atoms with E-state index in [1.807, 2.05) is 38.1 Å². The van der Waals surface area contributed by atoms with Gasteiger partial charge in [0, 0.05) is 18.0 Å². The average molecular weight is 307 g/mol. The van der Waals surface area contributed by atoms with Gasteiger partial charge in [-0.1, -0.05) is 12.1 Å². The van der Waals surface area contributed by atoms with Gasteiger partial charge in [-0.2, -0.15) is 5.10 Å². The topological polar surface area (TPSA) is 68.0 Å². The van der Waals surface area contributed by atoms with Crippen molar-refractivity contribution < 1.29 is 9.90 Å². The third-order valence-corrected chi connectivity index (χ3v) is 4.01. The van der Waals surface area contributed by atoms with E-state index in [2.05, 4.69) is 10.1 Å². The molecule has 0 aliphatic carbocycles. The van der Waals surface area contributed by atoms with Crippen LogP contribution >= 0.6 is 0 Å². The number of carboxylic acids is 1. The number of benzene rings is 1. The zero-order chi connectivity index (χ0) is 16.6. The van der Waals surface area contributed by atoms with Gasteiger partial charge in [-0.25, -0.2) is 9.48 Å². The van der Waals surface area contributed by atoms with Crippen LogP contribution in [0.2, 0.25) is 0 Å². The van der Waals surface area contributed by atoms with E-state index in [1.54, 1.807) is 30.1 Å². The summed E-state index contributed by atoms with van der Waals surface area (Å²) in [6.07, 6.45) is 3.32. The van der Waals surface area contributed by atoms with Crippen LogP contribution in [0.4, 0.5) is 0 Å². The van der Waals surface area contributed by atoms with Crippen LogP contribution < -0.4 is 0 Å². The molecule has 0 radical (unpaired) electrons. The lowest BCUT2D eigenvalue weighted by Crippen LogP contribution is -2.05. The zero-order valence-corrected chi connectivity index (χ0v) is 13.2. The Bertz CT molecular complexity index is 883. The van der Waals surface area contributed by atoms with Crippen molar-refractivity contribution in [1.82, 2.24) is 14.8 Å². The van der Waals surface area contributed by atoms with Gasteiger partial charge in [-0.3, -0.25) is 4.98 Å². The summed E-state index contributed by atoms with van der Waals surface area (Å²) < 4.78 is 1.71. The van der Waals surface area contributed by atoms with Gasteiger partial charge in [-0.15, -0.1) is 0 Å². The van der Waals surface area contributed by atoms with E-state index in [9.17, 15) is 9.90 Å². The quantitative estimate of drug-likeness (QED) is 0.803. The molecule has 3 rings (SSSR count). The monoisotopic (exact) mass is 307 g/mol. The van der Waals surface area contributed by atoms with Gasteiger partial charge in [0.15, 0.2) is 0 Å². The molecule has 0 atom stereocenters. The lowest BCUT2D eigenvalue weighted by molar-refractivity contribution is 0.0697. The Morgan fingerprint density at radius 3 is 2.57 bits per heavy atom. The highest BCUT2D eigenvalue weighted by Gasteiger charge is 2.24. The van der Waals surface area contributed by atoms with Crippen molar-refractivity contribution >= 4 is 5.97 Å². The Hall–Kier alpha value is -2.95. The summed E-state index contributed by atoms with van der Waals surface area (Å²) in [4.78, 5) is 15.9. The number of aryl methyl sites for hydroxylation is 2. The molecule has 0 amide bonds. The molecule has 5 heteroatoms. The maximum absolute atomic E-state index is 11.7. The van der Waals surface area contributed by atoms with E-state index in [4.69, 9.17) is 0 Å². The molecular formula is C18H17N3O2. The Kier molecular flexibility index (Phi) is 3.70. The minimum atomic E-state index is -0.988. The largest absolute Gasteiger partial charge is 0.478 e. The first kappa shape index (κ1) is 15.0. The van der Waals surface area contributed by atoms with Crippen molar-refractivity contribution in [3.63, 3.8) is 0 Å². The number of carbonyl (C=O) groups is 1. The van der Waals surface area contributed by atoms with Crippen molar-refractivity contribution in [3.8, 4) is 16.9 Å². The van der Waals surface area contributed by atoms with Crippen LogP contribution in [0.15, 0.2) is 42.7 Å². The molecule has 2 heterocycles. The number of aromatic nitrogens is 3. The molecule has 23 heavy (non-hydrogen) atoms. The van der Waals surface area contributed by atoms with E-state index in [-0.39, 0.29) is 5.56 Å². The lowest BCUT2D eigenvalue weighted by Gasteiger charge is -2.12. The Balaban J connectivity index is 2.36. The molecule has 3 aromatic rings. The van der Waals surface area contributed by atoms with E-state index in [1.165, 1.54) is 0 Å². The highest BCUT2D eigenvalue weighted by molar-refractivity contribution is 5.96. The number of pyridine rings is 1. The van der Waals surface area contributed by atoms with Gasteiger partial charge in [0.05, 0.1) is 17.1 Å². The number of hydrogen-bond donors (Lipinski definition) is 1. The van der Waals surface area contributed by atoms with Crippen LogP contribution in [0, 0.1) is 20.8 Å². The van der Waals surface area contributed by atoms with Gasteiger partial charge in [0.1, 0.15) is 5.56 Å². The molecule has 0 saturated heterocycles. The van der Waals surface area contributed by atoms with Crippen molar-refractivity contribution in [2.75, 3.05) is 0 Å². The minimum Gasteiger partial charge on any atom is -0.478 e. The van der Waals surface area contributed by atoms with E-state index >= 15 is 0 Å². The van der Waals surface area contributed by atoms with Crippen LogP contribution in [0.1, 0.15) is 27.2 Å². The Morgan fingerprint density at radius 2 is 1.91 bits per heavy atom. The lowest BCUT2D eigenvalue weighted by atomic mass is 10.1. The highest BCUT2D eigenvalue weighted by Crippen LogP contribution is 2.30. The van der Waals surface area contributed by atoms with E-state index in [0.717, 1.165) is 22.4 Å². The molecule has 2 aromatic heterocycles. The fraction of sp³-hybridized carbons (Fsp3) is 0.167. The second-order valence-corrected chi connectivity index (χ2v) is 5.49. The van der Waals surface area contributed by atoms with Crippen LogP contribution in [0.25, 0.3) is 16.9 Å². The smallest absolute Gasteiger partial charge is 0.339 e. The van der Waals surface area contributed by atoms with E-state index < -0.39 is 5.97 Å². The van der Waals surface area contributed by atoms with Gasteiger partial charge >= 0.3 is 5.97 Å². The number of rotatable bonds is 3.